The highest BCUT2D eigenvalue weighted by Crippen LogP contribution is 2.17. The first-order valence-electron chi connectivity index (χ1n) is 6.61. The number of hydrogen-bond acceptors (Lipinski definition) is 3. The predicted octanol–water partition coefficient (Wildman–Crippen LogP) is 3.11. The molecular formula is C16H18N2O2. The third-order valence-corrected chi connectivity index (χ3v) is 3.11. The Labute approximate surface area is 118 Å². The van der Waals surface area contributed by atoms with Crippen molar-refractivity contribution in [2.75, 3.05) is 11.4 Å². The first kappa shape index (κ1) is 14.1. The van der Waals surface area contributed by atoms with Crippen molar-refractivity contribution in [3.05, 3.63) is 59.3 Å². The molecular weight excluding hydrogens is 252 g/mol. The van der Waals surface area contributed by atoms with Gasteiger partial charge in [0.05, 0.1) is 5.56 Å². The van der Waals surface area contributed by atoms with Gasteiger partial charge in [0.2, 0.25) is 0 Å². The molecule has 0 radical (unpaired) electrons. The molecule has 0 saturated carbocycles. The van der Waals surface area contributed by atoms with Gasteiger partial charge < -0.3 is 10.0 Å². The minimum Gasteiger partial charge on any atom is -0.478 e. The van der Waals surface area contributed by atoms with Gasteiger partial charge in [-0.15, -0.1) is 0 Å². The second kappa shape index (κ2) is 6.19. The summed E-state index contributed by atoms with van der Waals surface area (Å²) in [6, 6.07) is 13.3. The molecule has 0 unspecified atom stereocenters. The monoisotopic (exact) mass is 270 g/mol. The summed E-state index contributed by atoms with van der Waals surface area (Å²) in [5, 5.41) is 9.13. The van der Waals surface area contributed by atoms with Crippen LogP contribution in [0.3, 0.4) is 0 Å². The Balaban J connectivity index is 2.29. The summed E-state index contributed by atoms with van der Waals surface area (Å²) in [6.45, 7) is 5.33. The van der Waals surface area contributed by atoms with Crippen molar-refractivity contribution in [1.29, 1.82) is 0 Å². The second-order valence-electron chi connectivity index (χ2n) is 4.66. The van der Waals surface area contributed by atoms with Crippen molar-refractivity contribution in [3.8, 4) is 0 Å². The topological polar surface area (TPSA) is 53.4 Å². The first-order chi connectivity index (χ1) is 9.60. The minimum atomic E-state index is -0.924. The lowest BCUT2D eigenvalue weighted by Gasteiger charge is -2.22. The number of hydrogen-bond donors (Lipinski definition) is 1. The van der Waals surface area contributed by atoms with Crippen LogP contribution in [0, 0.1) is 6.92 Å². The molecule has 0 saturated heterocycles. The van der Waals surface area contributed by atoms with Crippen LogP contribution < -0.4 is 4.90 Å². The van der Waals surface area contributed by atoms with E-state index in [4.69, 9.17) is 5.11 Å². The average molecular weight is 270 g/mol. The summed E-state index contributed by atoms with van der Waals surface area (Å²) < 4.78 is 0. The van der Waals surface area contributed by atoms with Crippen molar-refractivity contribution in [1.82, 2.24) is 4.98 Å². The van der Waals surface area contributed by atoms with Gasteiger partial charge in [-0.1, -0.05) is 30.3 Å². The number of benzene rings is 1. The molecule has 0 atom stereocenters. The van der Waals surface area contributed by atoms with Crippen LogP contribution in [0.25, 0.3) is 0 Å². The Bertz CT molecular complexity index is 597. The highest BCUT2D eigenvalue weighted by molar-refractivity contribution is 5.88. The second-order valence-corrected chi connectivity index (χ2v) is 4.66. The number of aromatic carboxylic acids is 1. The molecule has 2 aromatic rings. The summed E-state index contributed by atoms with van der Waals surface area (Å²) in [5.74, 6) is -0.221. The standard InChI is InChI=1S/C16H18N2O2/c1-3-18(11-13-7-5-4-6-8-13)15-10-14(16(19)20)9-12(2)17-15/h4-10H,3,11H2,1-2H3,(H,19,20). The van der Waals surface area contributed by atoms with E-state index in [0.717, 1.165) is 6.54 Å². The number of anilines is 1. The van der Waals surface area contributed by atoms with Crippen LogP contribution in [-0.4, -0.2) is 22.6 Å². The zero-order chi connectivity index (χ0) is 14.5. The third kappa shape index (κ3) is 3.35. The summed E-state index contributed by atoms with van der Waals surface area (Å²) in [6.07, 6.45) is 0. The lowest BCUT2D eigenvalue weighted by Crippen LogP contribution is -2.23. The van der Waals surface area contributed by atoms with Crippen molar-refractivity contribution in [2.45, 2.75) is 20.4 Å². The Morgan fingerprint density at radius 2 is 1.95 bits per heavy atom. The molecule has 1 N–H and O–H groups in total. The molecule has 0 fully saturated rings. The zero-order valence-electron chi connectivity index (χ0n) is 11.7. The van der Waals surface area contributed by atoms with Crippen molar-refractivity contribution >= 4 is 11.8 Å². The third-order valence-electron chi connectivity index (χ3n) is 3.11. The van der Waals surface area contributed by atoms with E-state index in [1.807, 2.05) is 32.0 Å². The highest BCUT2D eigenvalue weighted by Gasteiger charge is 2.11. The molecule has 2 rings (SSSR count). The minimum absolute atomic E-state index is 0.277. The summed E-state index contributed by atoms with van der Waals surface area (Å²) in [7, 11) is 0. The van der Waals surface area contributed by atoms with Gasteiger partial charge in [0, 0.05) is 18.8 Å². The largest absolute Gasteiger partial charge is 0.478 e. The van der Waals surface area contributed by atoms with Gasteiger partial charge in [-0.2, -0.15) is 0 Å². The maximum Gasteiger partial charge on any atom is 0.335 e. The highest BCUT2D eigenvalue weighted by atomic mass is 16.4. The van der Waals surface area contributed by atoms with Crippen LogP contribution in [0.4, 0.5) is 5.82 Å². The van der Waals surface area contributed by atoms with Crippen molar-refractivity contribution < 1.29 is 9.90 Å². The average Bonchev–Trinajstić information content (AvgIpc) is 2.45. The van der Waals surface area contributed by atoms with Gasteiger partial charge in [0.1, 0.15) is 5.82 Å². The van der Waals surface area contributed by atoms with E-state index in [9.17, 15) is 4.79 Å². The molecule has 0 aliphatic heterocycles. The molecule has 0 amide bonds. The zero-order valence-corrected chi connectivity index (χ0v) is 11.7. The number of rotatable bonds is 5. The molecule has 104 valence electrons. The molecule has 0 aliphatic rings. The maximum atomic E-state index is 11.1. The van der Waals surface area contributed by atoms with Crippen molar-refractivity contribution in [2.24, 2.45) is 0 Å². The first-order valence-corrected chi connectivity index (χ1v) is 6.61. The van der Waals surface area contributed by atoms with Gasteiger partial charge >= 0.3 is 5.97 Å². The fourth-order valence-corrected chi connectivity index (χ4v) is 2.10. The fourth-order valence-electron chi connectivity index (χ4n) is 2.10. The van der Waals surface area contributed by atoms with E-state index >= 15 is 0 Å². The quantitative estimate of drug-likeness (QED) is 0.907. The van der Waals surface area contributed by atoms with Gasteiger partial charge in [0.15, 0.2) is 0 Å². The SMILES string of the molecule is CCN(Cc1ccccc1)c1cc(C(=O)O)cc(C)n1. The number of carboxylic acids is 1. The molecule has 4 heteroatoms. The van der Waals surface area contributed by atoms with Gasteiger partial charge in [-0.25, -0.2) is 9.78 Å². The molecule has 0 spiro atoms. The number of nitrogens with zero attached hydrogens (tertiary/aromatic N) is 2. The Kier molecular flexibility index (Phi) is 4.35. The van der Waals surface area contributed by atoms with Crippen LogP contribution in [-0.2, 0) is 6.54 Å². The summed E-state index contributed by atoms with van der Waals surface area (Å²) in [4.78, 5) is 17.6. The van der Waals surface area contributed by atoms with E-state index in [1.165, 1.54) is 5.56 Å². The maximum absolute atomic E-state index is 11.1. The lowest BCUT2D eigenvalue weighted by molar-refractivity contribution is 0.0696. The van der Waals surface area contributed by atoms with Gasteiger partial charge in [-0.3, -0.25) is 0 Å². The van der Waals surface area contributed by atoms with E-state index in [-0.39, 0.29) is 5.56 Å². The summed E-state index contributed by atoms with van der Waals surface area (Å²) in [5.41, 5.74) is 2.17. The van der Waals surface area contributed by atoms with E-state index < -0.39 is 5.97 Å². The van der Waals surface area contributed by atoms with Crippen LogP contribution in [0.5, 0.6) is 0 Å². The number of pyridine rings is 1. The number of aryl methyl sites for hydroxylation is 1. The molecule has 4 nitrogen and oxygen atoms in total. The molecule has 20 heavy (non-hydrogen) atoms. The van der Waals surface area contributed by atoms with E-state index in [0.29, 0.717) is 18.1 Å². The number of carbonyl (C=O) groups is 1. The van der Waals surface area contributed by atoms with Crippen LogP contribution >= 0.6 is 0 Å². The van der Waals surface area contributed by atoms with Crippen LogP contribution in [0.15, 0.2) is 42.5 Å². The van der Waals surface area contributed by atoms with Crippen LogP contribution in [0.2, 0.25) is 0 Å². The number of carboxylic acid groups (broad SMARTS) is 1. The number of aromatic nitrogens is 1. The van der Waals surface area contributed by atoms with Crippen molar-refractivity contribution in [3.63, 3.8) is 0 Å². The van der Waals surface area contributed by atoms with Gasteiger partial charge in [-0.05, 0) is 31.5 Å². The molecule has 1 heterocycles. The van der Waals surface area contributed by atoms with E-state index in [2.05, 4.69) is 22.0 Å². The smallest absolute Gasteiger partial charge is 0.335 e. The fraction of sp³-hybridized carbons (Fsp3) is 0.250. The molecule has 1 aromatic carbocycles. The Hall–Kier alpha value is -2.36. The Morgan fingerprint density at radius 1 is 1.25 bits per heavy atom. The van der Waals surface area contributed by atoms with Crippen LogP contribution in [0.1, 0.15) is 28.5 Å². The lowest BCUT2D eigenvalue weighted by atomic mass is 10.2. The van der Waals surface area contributed by atoms with Gasteiger partial charge in [0.25, 0.3) is 0 Å². The molecule has 0 bridgehead atoms. The predicted molar refractivity (Wildman–Crippen MR) is 79.1 cm³/mol. The molecule has 1 aromatic heterocycles. The summed E-state index contributed by atoms with van der Waals surface area (Å²) >= 11 is 0. The molecule has 0 aliphatic carbocycles. The normalized spacial score (nSPS) is 10.3. The Morgan fingerprint density at radius 3 is 2.55 bits per heavy atom. The van der Waals surface area contributed by atoms with E-state index in [1.54, 1.807) is 12.1 Å².